The van der Waals surface area contributed by atoms with Crippen molar-refractivity contribution in [2.75, 3.05) is 66.1 Å². The summed E-state index contributed by atoms with van der Waals surface area (Å²) in [6.45, 7) is 2.83. The molecule has 0 aliphatic rings. The molecule has 0 aliphatic carbocycles. The van der Waals surface area contributed by atoms with Gasteiger partial charge >= 0.3 is 59.7 Å². The number of unbranched alkanes of at least 4 members (excludes halogenated alkanes) is 20. The van der Waals surface area contributed by atoms with Gasteiger partial charge in [-0.3, -0.25) is 47.9 Å². The summed E-state index contributed by atoms with van der Waals surface area (Å²) >= 11 is 0. The molecule has 1 aromatic carbocycles. The summed E-state index contributed by atoms with van der Waals surface area (Å²) in [4.78, 5) is 120. The largest absolute Gasteiger partial charge is 0.466 e. The quantitative estimate of drug-likeness (QED) is 0.0274. The summed E-state index contributed by atoms with van der Waals surface area (Å²) < 4.78 is 52.7. The van der Waals surface area contributed by atoms with Crippen LogP contribution in [-0.4, -0.2) is 131 Å². The molecule has 0 saturated heterocycles. The number of ether oxygens (including phenoxy) is 10. The van der Waals surface area contributed by atoms with Crippen molar-refractivity contribution in [2.45, 2.75) is 257 Å². The van der Waals surface area contributed by atoms with E-state index in [-0.39, 0.29) is 112 Å². The Hall–Kier alpha value is -6.12. The maximum absolute atomic E-state index is 12.1. The van der Waals surface area contributed by atoms with Crippen LogP contribution in [0.1, 0.15) is 257 Å². The second-order valence-electron chi connectivity index (χ2n) is 21.6. The lowest BCUT2D eigenvalue weighted by Gasteiger charge is -2.07. The number of carbonyl (C=O) groups is 10. The summed E-state index contributed by atoms with van der Waals surface area (Å²) in [5.74, 6) is -2.16. The zero-order valence-electron chi connectivity index (χ0n) is 52.4. The number of aliphatic hydroxyl groups is 1. The van der Waals surface area contributed by atoms with Crippen molar-refractivity contribution in [1.82, 2.24) is 0 Å². The molecule has 0 amide bonds. The van der Waals surface area contributed by atoms with Gasteiger partial charge in [0.2, 0.25) is 0 Å². The molecule has 0 heterocycles. The number of hydrogen-bond donors (Lipinski definition) is 1. The van der Waals surface area contributed by atoms with Gasteiger partial charge in [0.1, 0.15) is 5.75 Å². The van der Waals surface area contributed by atoms with Crippen LogP contribution in [0.3, 0.4) is 0 Å². The van der Waals surface area contributed by atoms with E-state index in [1.165, 1.54) is 0 Å². The molecule has 1 rings (SSSR count). The van der Waals surface area contributed by atoms with Crippen molar-refractivity contribution >= 4 is 59.7 Å². The Labute approximate surface area is 517 Å². The number of esters is 10. The van der Waals surface area contributed by atoms with Crippen LogP contribution in [0.4, 0.5) is 0 Å². The minimum absolute atomic E-state index is 0.131. The van der Waals surface area contributed by atoms with Crippen LogP contribution in [0, 0.1) is 0 Å². The molecule has 0 spiro atoms. The predicted molar refractivity (Wildman–Crippen MR) is 322 cm³/mol. The molecule has 1 aromatic rings. The van der Waals surface area contributed by atoms with Crippen LogP contribution in [0.2, 0.25) is 0 Å². The number of para-hydroxylation sites is 1. The molecule has 0 aromatic heterocycles. The number of carbonyl (C=O) groups excluding carboxylic acids is 10. The smallest absolute Gasteiger partial charge is 0.311 e. The number of benzene rings is 1. The third-order valence-electron chi connectivity index (χ3n) is 13.6. The molecule has 87 heavy (non-hydrogen) atoms. The molecule has 21 nitrogen and oxygen atoms in total. The molecule has 0 unspecified atom stereocenters. The topological polar surface area (TPSA) is 283 Å². The lowest BCUT2D eigenvalue weighted by molar-refractivity contribution is -0.146. The van der Waals surface area contributed by atoms with Crippen molar-refractivity contribution in [3.8, 4) is 5.75 Å². The fraction of sp³-hybridized carbons (Fsp3) is 0.758. The van der Waals surface area contributed by atoms with Gasteiger partial charge in [-0.05, 0) is 198 Å². The van der Waals surface area contributed by atoms with Crippen molar-refractivity contribution in [3.63, 3.8) is 0 Å². The van der Waals surface area contributed by atoms with Gasteiger partial charge in [0.25, 0.3) is 0 Å². The SMILES string of the molecule is O=C(CCCCCO)OCCCCCC(=O)OCCCCCC(=O)OCCCCCC(=O)OCCCCCC(=O)OCCCCCC(=O)OCCCCCC(=O)OCCCCCC(=O)OCCCCCC(=O)OCCCCCC(=O)Oc1ccccc1. The van der Waals surface area contributed by atoms with E-state index in [0.717, 1.165) is 64.2 Å². The minimum Gasteiger partial charge on any atom is -0.466 e. The average molecular weight is 1240 g/mol. The summed E-state index contributed by atoms with van der Waals surface area (Å²) in [7, 11) is 0. The highest BCUT2D eigenvalue weighted by Gasteiger charge is 2.12. The fourth-order valence-corrected chi connectivity index (χ4v) is 8.49. The van der Waals surface area contributed by atoms with Gasteiger partial charge < -0.3 is 52.5 Å². The molecule has 21 heteroatoms. The Morgan fingerprint density at radius 3 is 0.575 bits per heavy atom. The van der Waals surface area contributed by atoms with Crippen LogP contribution < -0.4 is 4.74 Å². The van der Waals surface area contributed by atoms with E-state index in [1.54, 1.807) is 24.3 Å². The van der Waals surface area contributed by atoms with Gasteiger partial charge in [-0.15, -0.1) is 0 Å². The van der Waals surface area contributed by atoms with E-state index in [2.05, 4.69) is 0 Å². The molecule has 0 atom stereocenters. The van der Waals surface area contributed by atoms with Crippen LogP contribution in [0.15, 0.2) is 30.3 Å². The highest BCUT2D eigenvalue weighted by atomic mass is 16.6. The summed E-state index contributed by atoms with van der Waals surface area (Å²) in [5, 5.41) is 8.76. The monoisotopic (exact) mass is 1230 g/mol. The maximum Gasteiger partial charge on any atom is 0.311 e. The minimum atomic E-state index is -0.281. The highest BCUT2D eigenvalue weighted by molar-refractivity contribution is 5.73. The zero-order valence-corrected chi connectivity index (χ0v) is 52.4. The number of hydrogen-bond acceptors (Lipinski definition) is 21. The Balaban J connectivity index is 1.80. The first-order valence-electron chi connectivity index (χ1n) is 32.6. The standard InChI is InChI=1S/C66H106O21/c67-46-24-2-14-36-57(68)78-47-25-3-15-37-58(69)79-48-26-4-16-38-59(70)80-49-27-5-17-39-60(71)81-50-28-6-18-40-61(72)82-51-29-7-19-41-62(73)83-52-30-8-20-42-63(74)84-53-31-9-21-43-64(75)85-54-32-10-22-44-65(76)86-55-33-11-23-45-66(77)87-56-34-12-1-13-35-56/h1,12-13,34-35,67H,2-11,14-33,36-55H2. The van der Waals surface area contributed by atoms with Gasteiger partial charge in [-0.25, -0.2) is 0 Å². The average Bonchev–Trinajstić information content (AvgIpc) is 3.54. The molecule has 0 saturated carbocycles. The van der Waals surface area contributed by atoms with Gasteiger partial charge in [0.15, 0.2) is 0 Å². The van der Waals surface area contributed by atoms with Crippen molar-refractivity contribution in [2.24, 2.45) is 0 Å². The first-order chi connectivity index (χ1) is 42.4. The van der Waals surface area contributed by atoms with E-state index in [0.29, 0.717) is 212 Å². The van der Waals surface area contributed by atoms with E-state index >= 15 is 0 Å². The Bertz CT molecular complexity index is 1980. The molecular formula is C66H106O21. The van der Waals surface area contributed by atoms with Gasteiger partial charge in [0.05, 0.1) is 59.5 Å². The first kappa shape index (κ1) is 78.9. The van der Waals surface area contributed by atoms with E-state index in [4.69, 9.17) is 52.5 Å². The van der Waals surface area contributed by atoms with Crippen LogP contribution in [0.25, 0.3) is 0 Å². The van der Waals surface area contributed by atoms with Gasteiger partial charge in [0, 0.05) is 70.8 Å². The van der Waals surface area contributed by atoms with Crippen molar-refractivity contribution < 1.29 is 100 Å². The Morgan fingerprint density at radius 1 is 0.218 bits per heavy atom. The lowest BCUT2D eigenvalue weighted by Crippen LogP contribution is -2.09. The van der Waals surface area contributed by atoms with Gasteiger partial charge in [-0.2, -0.15) is 0 Å². The van der Waals surface area contributed by atoms with Crippen molar-refractivity contribution in [1.29, 1.82) is 0 Å². The first-order valence-corrected chi connectivity index (χ1v) is 32.6. The second kappa shape index (κ2) is 58.9. The summed E-state index contributed by atoms with van der Waals surface area (Å²) in [5.41, 5.74) is 0. The van der Waals surface area contributed by atoms with Crippen LogP contribution >= 0.6 is 0 Å². The number of rotatable bonds is 60. The third kappa shape index (κ3) is 56.2. The third-order valence-corrected chi connectivity index (χ3v) is 13.6. The molecular weight excluding hydrogens is 1130 g/mol. The normalized spacial score (nSPS) is 10.8. The molecule has 0 aliphatic heterocycles. The van der Waals surface area contributed by atoms with E-state index in [1.807, 2.05) is 6.07 Å². The summed E-state index contributed by atoms with van der Waals surface area (Å²) in [6, 6.07) is 8.92. The van der Waals surface area contributed by atoms with E-state index in [9.17, 15) is 47.9 Å². The molecule has 0 bridgehead atoms. The molecule has 496 valence electrons. The Kier molecular flexibility index (Phi) is 53.4. The predicted octanol–water partition coefficient (Wildman–Crippen LogP) is 12.1. The molecule has 0 radical (unpaired) electrons. The molecule has 0 fully saturated rings. The second-order valence-corrected chi connectivity index (χ2v) is 21.6. The zero-order chi connectivity index (χ0) is 63.3. The van der Waals surface area contributed by atoms with Crippen LogP contribution in [0.5, 0.6) is 5.75 Å². The highest BCUT2D eigenvalue weighted by Crippen LogP contribution is 2.14. The number of aliphatic hydroxyl groups excluding tert-OH is 1. The van der Waals surface area contributed by atoms with Crippen LogP contribution in [-0.2, 0) is 90.6 Å². The van der Waals surface area contributed by atoms with Gasteiger partial charge in [-0.1, -0.05) is 24.6 Å². The molecule has 1 N–H and O–H groups in total. The Morgan fingerprint density at radius 2 is 0.391 bits per heavy atom. The maximum atomic E-state index is 12.1. The summed E-state index contributed by atoms with van der Waals surface area (Å²) in [6.07, 6.45) is 23.5. The van der Waals surface area contributed by atoms with Crippen molar-refractivity contribution in [3.05, 3.63) is 30.3 Å². The fourth-order valence-electron chi connectivity index (χ4n) is 8.49. The lowest BCUT2D eigenvalue weighted by atomic mass is 10.2. The van der Waals surface area contributed by atoms with E-state index < -0.39 is 0 Å².